The monoisotopic (exact) mass is 274 g/mol. The molecule has 1 atom stereocenters. The van der Waals surface area contributed by atoms with Crippen LogP contribution in [0.4, 0.5) is 0 Å². The quantitative estimate of drug-likeness (QED) is 0.886. The van der Waals surface area contributed by atoms with Crippen LogP contribution in [-0.2, 0) is 11.3 Å². The summed E-state index contributed by atoms with van der Waals surface area (Å²) in [7, 11) is 0. The van der Waals surface area contributed by atoms with Gasteiger partial charge in [0.1, 0.15) is 0 Å². The number of amides is 1. The number of hydrogen-bond donors (Lipinski definition) is 2. The Bertz CT molecular complexity index is 361. The highest BCUT2D eigenvalue weighted by molar-refractivity contribution is 7.10. The van der Waals surface area contributed by atoms with Gasteiger partial charge in [-0.05, 0) is 43.3 Å². The van der Waals surface area contributed by atoms with E-state index in [9.17, 15) is 4.79 Å². The number of thiophene rings is 1. The number of halogens is 1. The minimum atomic E-state index is 0. The topological polar surface area (TPSA) is 41.1 Å². The molecular weight excluding hydrogens is 256 g/mol. The van der Waals surface area contributed by atoms with Crippen molar-refractivity contribution in [2.24, 2.45) is 5.92 Å². The Labute approximate surface area is 112 Å². The molecule has 1 aliphatic rings. The molecule has 1 aromatic rings. The summed E-state index contributed by atoms with van der Waals surface area (Å²) in [6.45, 7) is 4.64. The Kier molecular flexibility index (Phi) is 5.95. The molecule has 0 spiro atoms. The molecule has 2 rings (SSSR count). The molecule has 0 aromatic carbocycles. The second kappa shape index (κ2) is 6.99. The summed E-state index contributed by atoms with van der Waals surface area (Å²) in [5.74, 6) is 0.356. The molecule has 2 heterocycles. The van der Waals surface area contributed by atoms with Gasteiger partial charge in [0.2, 0.25) is 5.91 Å². The van der Waals surface area contributed by atoms with E-state index in [0.29, 0.717) is 6.54 Å². The van der Waals surface area contributed by atoms with E-state index in [1.54, 1.807) is 11.3 Å². The molecule has 5 heteroatoms. The van der Waals surface area contributed by atoms with E-state index >= 15 is 0 Å². The van der Waals surface area contributed by atoms with E-state index in [-0.39, 0.29) is 24.2 Å². The van der Waals surface area contributed by atoms with Gasteiger partial charge in [0.15, 0.2) is 0 Å². The van der Waals surface area contributed by atoms with Gasteiger partial charge in [-0.3, -0.25) is 4.79 Å². The maximum absolute atomic E-state index is 11.9. The van der Waals surface area contributed by atoms with Gasteiger partial charge in [-0.1, -0.05) is 0 Å². The van der Waals surface area contributed by atoms with Crippen molar-refractivity contribution in [2.45, 2.75) is 26.3 Å². The molecule has 1 saturated heterocycles. The number of rotatable bonds is 3. The van der Waals surface area contributed by atoms with Crippen LogP contribution < -0.4 is 10.6 Å². The fourth-order valence-corrected chi connectivity index (χ4v) is 2.82. The summed E-state index contributed by atoms with van der Waals surface area (Å²) >= 11 is 1.71. The summed E-state index contributed by atoms with van der Waals surface area (Å²) in [5, 5.41) is 8.36. The van der Waals surface area contributed by atoms with Crippen LogP contribution in [-0.4, -0.2) is 19.0 Å². The standard InChI is InChI=1S/C12H18N2OS.ClH/c1-9-4-6-16-11(9)8-14-12(15)10-3-2-5-13-7-10;/h4,6,10,13H,2-3,5,7-8H2,1H3,(H,14,15);1H/t10-;/m1./s1. The number of aryl methyl sites for hydroxylation is 1. The van der Waals surface area contributed by atoms with Gasteiger partial charge in [0.05, 0.1) is 12.5 Å². The van der Waals surface area contributed by atoms with E-state index < -0.39 is 0 Å². The molecule has 1 fully saturated rings. The van der Waals surface area contributed by atoms with Crippen molar-refractivity contribution in [1.29, 1.82) is 0 Å². The second-order valence-corrected chi connectivity index (χ2v) is 5.29. The highest BCUT2D eigenvalue weighted by Gasteiger charge is 2.20. The zero-order chi connectivity index (χ0) is 11.4. The molecule has 1 aromatic heterocycles. The minimum Gasteiger partial charge on any atom is -0.351 e. The van der Waals surface area contributed by atoms with Gasteiger partial charge in [-0.15, -0.1) is 23.7 Å². The Hall–Kier alpha value is -0.580. The predicted octanol–water partition coefficient (Wildman–Crippen LogP) is 2.09. The number of carbonyl (C=O) groups is 1. The van der Waals surface area contributed by atoms with E-state index in [1.165, 1.54) is 10.4 Å². The smallest absolute Gasteiger partial charge is 0.224 e. The van der Waals surface area contributed by atoms with Crippen LogP contribution in [0.1, 0.15) is 23.3 Å². The van der Waals surface area contributed by atoms with Crippen molar-refractivity contribution >= 4 is 29.7 Å². The van der Waals surface area contributed by atoms with Crippen LogP contribution in [0.3, 0.4) is 0 Å². The van der Waals surface area contributed by atoms with Crippen LogP contribution in [0.5, 0.6) is 0 Å². The van der Waals surface area contributed by atoms with E-state index in [2.05, 4.69) is 29.0 Å². The first-order valence-electron chi connectivity index (χ1n) is 5.79. The number of carbonyl (C=O) groups excluding carboxylic acids is 1. The predicted molar refractivity (Wildman–Crippen MR) is 73.7 cm³/mol. The van der Waals surface area contributed by atoms with Crippen LogP contribution >= 0.6 is 23.7 Å². The van der Waals surface area contributed by atoms with Crippen LogP contribution in [0.15, 0.2) is 11.4 Å². The first-order valence-corrected chi connectivity index (χ1v) is 6.66. The number of nitrogens with one attached hydrogen (secondary N) is 2. The molecule has 0 saturated carbocycles. The van der Waals surface area contributed by atoms with E-state index in [1.807, 2.05) is 0 Å². The molecule has 17 heavy (non-hydrogen) atoms. The molecule has 0 bridgehead atoms. The highest BCUT2D eigenvalue weighted by atomic mass is 35.5. The first-order chi connectivity index (χ1) is 7.77. The SMILES string of the molecule is Cc1ccsc1CNC(=O)[C@@H]1CCCNC1.Cl. The summed E-state index contributed by atoms with van der Waals surface area (Å²) in [4.78, 5) is 13.1. The fraction of sp³-hybridized carbons (Fsp3) is 0.583. The fourth-order valence-electron chi connectivity index (χ4n) is 1.97. The number of piperidine rings is 1. The van der Waals surface area contributed by atoms with E-state index in [4.69, 9.17) is 0 Å². The largest absolute Gasteiger partial charge is 0.351 e. The Morgan fingerprint density at radius 2 is 2.47 bits per heavy atom. The zero-order valence-electron chi connectivity index (χ0n) is 9.99. The van der Waals surface area contributed by atoms with Crippen molar-refractivity contribution in [1.82, 2.24) is 10.6 Å². The molecule has 0 radical (unpaired) electrons. The first kappa shape index (κ1) is 14.5. The maximum atomic E-state index is 11.9. The van der Waals surface area contributed by atoms with Gasteiger partial charge < -0.3 is 10.6 Å². The lowest BCUT2D eigenvalue weighted by Crippen LogP contribution is -2.40. The van der Waals surface area contributed by atoms with E-state index in [0.717, 1.165) is 25.9 Å². The van der Waals surface area contributed by atoms with Crippen molar-refractivity contribution in [3.05, 3.63) is 21.9 Å². The molecule has 1 aliphatic heterocycles. The summed E-state index contributed by atoms with van der Waals surface area (Å²) < 4.78 is 0. The lowest BCUT2D eigenvalue weighted by Gasteiger charge is -2.21. The molecule has 1 amide bonds. The van der Waals surface area contributed by atoms with Crippen LogP contribution in [0, 0.1) is 12.8 Å². The van der Waals surface area contributed by atoms with Gasteiger partial charge in [0.25, 0.3) is 0 Å². The highest BCUT2D eigenvalue weighted by Crippen LogP contribution is 2.16. The summed E-state index contributed by atoms with van der Waals surface area (Å²) in [5.41, 5.74) is 1.27. The third kappa shape index (κ3) is 3.98. The molecule has 3 nitrogen and oxygen atoms in total. The Morgan fingerprint density at radius 3 is 3.06 bits per heavy atom. The molecule has 0 aliphatic carbocycles. The van der Waals surface area contributed by atoms with Gasteiger partial charge >= 0.3 is 0 Å². The third-order valence-corrected chi connectivity index (χ3v) is 4.08. The van der Waals surface area contributed by atoms with Crippen molar-refractivity contribution < 1.29 is 4.79 Å². The lowest BCUT2D eigenvalue weighted by atomic mass is 9.99. The molecule has 96 valence electrons. The second-order valence-electron chi connectivity index (χ2n) is 4.29. The number of hydrogen-bond acceptors (Lipinski definition) is 3. The average Bonchev–Trinajstić information content (AvgIpc) is 2.73. The van der Waals surface area contributed by atoms with Gasteiger partial charge in [-0.25, -0.2) is 0 Å². The van der Waals surface area contributed by atoms with Gasteiger partial charge in [-0.2, -0.15) is 0 Å². The Morgan fingerprint density at radius 1 is 1.65 bits per heavy atom. The summed E-state index contributed by atoms with van der Waals surface area (Å²) in [6.07, 6.45) is 2.12. The molecule has 2 N–H and O–H groups in total. The summed E-state index contributed by atoms with van der Waals surface area (Å²) in [6, 6.07) is 2.09. The van der Waals surface area contributed by atoms with Crippen molar-refractivity contribution in [2.75, 3.05) is 13.1 Å². The normalized spacial score (nSPS) is 19.5. The van der Waals surface area contributed by atoms with Crippen molar-refractivity contribution in [3.63, 3.8) is 0 Å². The molecular formula is C12H19ClN2OS. The van der Waals surface area contributed by atoms with Gasteiger partial charge in [0, 0.05) is 11.4 Å². The third-order valence-electron chi connectivity index (χ3n) is 3.06. The Balaban J connectivity index is 0.00000144. The average molecular weight is 275 g/mol. The molecule has 0 unspecified atom stereocenters. The van der Waals surface area contributed by atoms with Crippen molar-refractivity contribution in [3.8, 4) is 0 Å². The van der Waals surface area contributed by atoms with Crippen LogP contribution in [0.2, 0.25) is 0 Å². The zero-order valence-corrected chi connectivity index (χ0v) is 11.6. The lowest BCUT2D eigenvalue weighted by molar-refractivity contribution is -0.125. The maximum Gasteiger partial charge on any atom is 0.224 e. The van der Waals surface area contributed by atoms with Crippen LogP contribution in [0.25, 0.3) is 0 Å². The minimum absolute atomic E-state index is 0.